The van der Waals surface area contributed by atoms with Crippen LogP contribution < -0.4 is 4.90 Å². The third-order valence-electron chi connectivity index (χ3n) is 4.91. The Morgan fingerprint density at radius 3 is 2.50 bits per heavy atom. The Morgan fingerprint density at radius 2 is 1.77 bits per heavy atom. The predicted octanol–water partition coefficient (Wildman–Crippen LogP) is 4.18. The minimum absolute atomic E-state index is 0.129. The summed E-state index contributed by atoms with van der Waals surface area (Å²) in [5.74, 6) is 0.129. The van der Waals surface area contributed by atoms with Crippen LogP contribution in [0.3, 0.4) is 0 Å². The molecule has 1 fully saturated rings. The topological polar surface area (TPSA) is 36.4 Å². The maximum absolute atomic E-state index is 12.7. The third kappa shape index (κ3) is 3.19. The number of carbonyl (C=O) groups excluding carboxylic acids is 1. The molecule has 1 amide bonds. The summed E-state index contributed by atoms with van der Waals surface area (Å²) >= 11 is 1.76. The first-order chi connectivity index (χ1) is 12.5. The number of benzene rings is 2. The molecular weight excluding hydrogens is 342 g/mol. The van der Waals surface area contributed by atoms with Crippen LogP contribution in [0, 0.1) is 20.8 Å². The highest BCUT2D eigenvalue weighted by atomic mass is 32.1. The summed E-state index contributed by atoms with van der Waals surface area (Å²) in [6.07, 6.45) is 0. The molecule has 1 aliphatic rings. The Balaban J connectivity index is 1.48. The summed E-state index contributed by atoms with van der Waals surface area (Å²) in [4.78, 5) is 21.8. The molecule has 4 rings (SSSR count). The highest BCUT2D eigenvalue weighted by Gasteiger charge is 2.24. The van der Waals surface area contributed by atoms with Crippen molar-refractivity contribution in [2.75, 3.05) is 31.1 Å². The molecule has 2 aromatic carbocycles. The van der Waals surface area contributed by atoms with Gasteiger partial charge in [-0.1, -0.05) is 35.1 Å². The number of rotatable bonds is 2. The highest BCUT2D eigenvalue weighted by Crippen LogP contribution is 2.32. The predicted molar refractivity (Wildman–Crippen MR) is 108 cm³/mol. The number of amides is 1. The lowest BCUT2D eigenvalue weighted by atomic mass is 10.1. The van der Waals surface area contributed by atoms with Gasteiger partial charge < -0.3 is 9.80 Å². The molecular formula is C21H23N3OS. The molecule has 0 spiro atoms. The number of aryl methyl sites for hydroxylation is 3. The van der Waals surface area contributed by atoms with Crippen molar-refractivity contribution >= 4 is 32.6 Å². The van der Waals surface area contributed by atoms with E-state index in [2.05, 4.69) is 30.9 Å². The first kappa shape index (κ1) is 17.0. The van der Waals surface area contributed by atoms with Crippen molar-refractivity contribution < 1.29 is 4.79 Å². The number of hydrogen-bond donors (Lipinski definition) is 0. The van der Waals surface area contributed by atoms with E-state index < -0.39 is 0 Å². The summed E-state index contributed by atoms with van der Waals surface area (Å²) < 4.78 is 1.27. The maximum Gasteiger partial charge on any atom is 0.253 e. The number of aromatic nitrogens is 1. The van der Waals surface area contributed by atoms with Crippen LogP contribution in [-0.4, -0.2) is 42.0 Å². The fourth-order valence-electron chi connectivity index (χ4n) is 3.56. The summed E-state index contributed by atoms with van der Waals surface area (Å²) in [6, 6.07) is 12.2. The van der Waals surface area contributed by atoms with E-state index in [0.29, 0.717) is 0 Å². The van der Waals surface area contributed by atoms with Crippen LogP contribution in [0.4, 0.5) is 5.13 Å². The Kier molecular flexibility index (Phi) is 4.41. The van der Waals surface area contributed by atoms with Crippen LogP contribution in [0.5, 0.6) is 0 Å². The van der Waals surface area contributed by atoms with Gasteiger partial charge in [0, 0.05) is 31.7 Å². The average Bonchev–Trinajstić information content (AvgIpc) is 3.05. The van der Waals surface area contributed by atoms with Gasteiger partial charge in [-0.2, -0.15) is 0 Å². The number of nitrogens with zero attached hydrogens (tertiary/aromatic N) is 3. The van der Waals surface area contributed by atoms with Gasteiger partial charge in [0.25, 0.3) is 5.91 Å². The summed E-state index contributed by atoms with van der Waals surface area (Å²) in [5.41, 5.74) is 5.53. The quantitative estimate of drug-likeness (QED) is 0.683. The minimum Gasteiger partial charge on any atom is -0.345 e. The molecule has 0 bridgehead atoms. The normalized spacial score (nSPS) is 14.9. The number of hydrogen-bond acceptors (Lipinski definition) is 4. The molecule has 3 aromatic rings. The van der Waals surface area contributed by atoms with Gasteiger partial charge in [0.2, 0.25) is 0 Å². The molecule has 4 nitrogen and oxygen atoms in total. The zero-order valence-corrected chi connectivity index (χ0v) is 16.3. The summed E-state index contributed by atoms with van der Waals surface area (Å²) in [6.45, 7) is 9.41. The molecule has 0 aliphatic carbocycles. The fourth-order valence-corrected chi connectivity index (χ4v) is 4.63. The lowest BCUT2D eigenvalue weighted by Gasteiger charge is -2.34. The average molecular weight is 366 g/mol. The largest absolute Gasteiger partial charge is 0.345 e. The van der Waals surface area contributed by atoms with E-state index in [-0.39, 0.29) is 5.91 Å². The van der Waals surface area contributed by atoms with Gasteiger partial charge in [-0.25, -0.2) is 4.98 Å². The molecule has 134 valence electrons. The van der Waals surface area contributed by atoms with Crippen molar-refractivity contribution in [3.63, 3.8) is 0 Å². The van der Waals surface area contributed by atoms with Crippen LogP contribution in [0.1, 0.15) is 27.0 Å². The van der Waals surface area contributed by atoms with Gasteiger partial charge in [0.15, 0.2) is 5.13 Å². The van der Waals surface area contributed by atoms with Gasteiger partial charge in [-0.05, 0) is 50.1 Å². The number of piperazine rings is 1. The molecule has 1 aromatic heterocycles. The van der Waals surface area contributed by atoms with Gasteiger partial charge >= 0.3 is 0 Å². The third-order valence-corrected chi connectivity index (χ3v) is 6.18. The molecule has 0 atom stereocenters. The second-order valence-electron chi connectivity index (χ2n) is 7.08. The van der Waals surface area contributed by atoms with Crippen molar-refractivity contribution in [3.05, 3.63) is 58.7 Å². The van der Waals surface area contributed by atoms with Gasteiger partial charge in [-0.3, -0.25) is 4.79 Å². The van der Waals surface area contributed by atoms with E-state index in [1.165, 1.54) is 15.8 Å². The van der Waals surface area contributed by atoms with Crippen LogP contribution >= 0.6 is 11.3 Å². The fraction of sp³-hybridized carbons (Fsp3) is 0.333. The molecule has 0 N–H and O–H groups in total. The number of fused-ring (bicyclic) bond motifs is 1. The van der Waals surface area contributed by atoms with E-state index in [1.54, 1.807) is 11.3 Å². The zero-order chi connectivity index (χ0) is 18.3. The standard InChI is InChI=1S/C21H23N3OS/c1-14-5-4-6-17(12-14)20(25)23-7-9-24(10-8-23)21-22-18-13-15(2)11-16(3)19(18)26-21/h4-6,11-13H,7-10H2,1-3H3. The summed E-state index contributed by atoms with van der Waals surface area (Å²) in [7, 11) is 0. The monoisotopic (exact) mass is 365 g/mol. The SMILES string of the molecule is Cc1cccc(C(=O)N2CCN(c3nc4cc(C)cc(C)c4s3)CC2)c1. The maximum atomic E-state index is 12.7. The molecule has 26 heavy (non-hydrogen) atoms. The minimum atomic E-state index is 0.129. The van der Waals surface area contributed by atoms with E-state index in [1.807, 2.05) is 36.1 Å². The van der Waals surface area contributed by atoms with E-state index in [9.17, 15) is 4.79 Å². The lowest BCUT2D eigenvalue weighted by Crippen LogP contribution is -2.48. The molecule has 1 saturated heterocycles. The molecule has 0 saturated carbocycles. The molecule has 1 aliphatic heterocycles. The van der Waals surface area contributed by atoms with Crippen LogP contribution in [0.2, 0.25) is 0 Å². The lowest BCUT2D eigenvalue weighted by molar-refractivity contribution is 0.0746. The van der Waals surface area contributed by atoms with E-state index >= 15 is 0 Å². The Hall–Kier alpha value is -2.40. The Labute approximate surface area is 158 Å². The van der Waals surface area contributed by atoms with Gasteiger partial charge in [-0.15, -0.1) is 0 Å². The second-order valence-corrected chi connectivity index (χ2v) is 8.05. The zero-order valence-electron chi connectivity index (χ0n) is 15.5. The molecule has 0 radical (unpaired) electrons. The van der Waals surface area contributed by atoms with Crippen molar-refractivity contribution in [3.8, 4) is 0 Å². The van der Waals surface area contributed by atoms with E-state index in [4.69, 9.17) is 4.98 Å². The molecule has 5 heteroatoms. The molecule has 2 heterocycles. The van der Waals surface area contributed by atoms with Crippen molar-refractivity contribution in [1.29, 1.82) is 0 Å². The van der Waals surface area contributed by atoms with Crippen molar-refractivity contribution in [1.82, 2.24) is 9.88 Å². The number of anilines is 1. The smallest absolute Gasteiger partial charge is 0.253 e. The van der Waals surface area contributed by atoms with Crippen LogP contribution in [0.25, 0.3) is 10.2 Å². The first-order valence-electron chi connectivity index (χ1n) is 9.00. The van der Waals surface area contributed by atoms with Crippen LogP contribution in [0.15, 0.2) is 36.4 Å². The van der Waals surface area contributed by atoms with Crippen molar-refractivity contribution in [2.24, 2.45) is 0 Å². The second kappa shape index (κ2) is 6.72. The Bertz CT molecular complexity index is 971. The summed E-state index contributed by atoms with van der Waals surface area (Å²) in [5, 5.41) is 1.07. The van der Waals surface area contributed by atoms with Crippen LogP contribution in [-0.2, 0) is 0 Å². The Morgan fingerprint density at radius 1 is 1.00 bits per heavy atom. The number of carbonyl (C=O) groups is 1. The first-order valence-corrected chi connectivity index (χ1v) is 9.81. The number of thiazole rings is 1. The van der Waals surface area contributed by atoms with Gasteiger partial charge in [0.1, 0.15) is 0 Å². The van der Waals surface area contributed by atoms with E-state index in [0.717, 1.165) is 48.0 Å². The van der Waals surface area contributed by atoms with Gasteiger partial charge in [0.05, 0.1) is 10.2 Å². The van der Waals surface area contributed by atoms with Crippen molar-refractivity contribution in [2.45, 2.75) is 20.8 Å². The highest BCUT2D eigenvalue weighted by molar-refractivity contribution is 7.22. The molecule has 0 unspecified atom stereocenters.